The Morgan fingerprint density at radius 2 is 2.25 bits per heavy atom. The molecule has 0 aromatic carbocycles. The van der Waals surface area contributed by atoms with Crippen molar-refractivity contribution in [2.75, 3.05) is 6.61 Å². The van der Waals surface area contributed by atoms with Crippen molar-refractivity contribution in [2.45, 2.75) is 50.2 Å². The average molecular weight is 223 g/mol. The van der Waals surface area contributed by atoms with Crippen LogP contribution >= 0.6 is 0 Å². The van der Waals surface area contributed by atoms with Gasteiger partial charge in [0.2, 0.25) is 5.89 Å². The first kappa shape index (κ1) is 10.2. The van der Waals surface area contributed by atoms with E-state index in [-0.39, 0.29) is 6.10 Å². The number of rotatable bonds is 4. The van der Waals surface area contributed by atoms with E-state index >= 15 is 0 Å². The Bertz CT molecular complexity index is 380. The van der Waals surface area contributed by atoms with Crippen LogP contribution < -0.4 is 5.73 Å². The molecular weight excluding hydrogens is 206 g/mol. The molecule has 0 aliphatic heterocycles. The highest BCUT2D eigenvalue weighted by Gasteiger charge is 2.47. The molecule has 1 heterocycles. The van der Waals surface area contributed by atoms with Crippen molar-refractivity contribution in [3.8, 4) is 0 Å². The largest absolute Gasteiger partial charge is 0.378 e. The maximum absolute atomic E-state index is 6.21. The van der Waals surface area contributed by atoms with Crippen molar-refractivity contribution in [3.05, 3.63) is 11.7 Å². The number of nitrogens with zero attached hydrogens (tertiary/aromatic N) is 2. The van der Waals surface area contributed by atoms with Crippen LogP contribution in [0.25, 0.3) is 0 Å². The van der Waals surface area contributed by atoms with Crippen LogP contribution in [0.3, 0.4) is 0 Å². The summed E-state index contributed by atoms with van der Waals surface area (Å²) in [6.45, 7) is 2.73. The zero-order valence-electron chi connectivity index (χ0n) is 9.48. The van der Waals surface area contributed by atoms with Gasteiger partial charge in [0, 0.05) is 12.5 Å². The summed E-state index contributed by atoms with van der Waals surface area (Å²) in [6, 6.07) is 0. The van der Waals surface area contributed by atoms with Gasteiger partial charge >= 0.3 is 0 Å². The molecule has 0 atom stereocenters. The Morgan fingerprint density at radius 1 is 1.50 bits per heavy atom. The van der Waals surface area contributed by atoms with Crippen LogP contribution in [0.2, 0.25) is 0 Å². The van der Waals surface area contributed by atoms with Gasteiger partial charge in [0.25, 0.3) is 0 Å². The van der Waals surface area contributed by atoms with Crippen molar-refractivity contribution < 1.29 is 9.26 Å². The maximum atomic E-state index is 6.21. The third-order valence-corrected chi connectivity index (χ3v) is 3.40. The summed E-state index contributed by atoms with van der Waals surface area (Å²) in [4.78, 5) is 4.40. The zero-order valence-corrected chi connectivity index (χ0v) is 9.48. The van der Waals surface area contributed by atoms with Gasteiger partial charge in [0.15, 0.2) is 5.82 Å². The zero-order chi connectivity index (χ0) is 11.2. The smallest absolute Gasteiger partial charge is 0.229 e. The van der Waals surface area contributed by atoms with Gasteiger partial charge in [-0.1, -0.05) is 5.16 Å². The predicted octanol–water partition coefficient (Wildman–Crippen LogP) is 1.30. The van der Waals surface area contributed by atoms with Gasteiger partial charge < -0.3 is 15.0 Å². The van der Waals surface area contributed by atoms with Crippen molar-refractivity contribution >= 4 is 0 Å². The molecule has 0 saturated heterocycles. The van der Waals surface area contributed by atoms with Gasteiger partial charge in [-0.25, -0.2) is 0 Å². The fourth-order valence-corrected chi connectivity index (χ4v) is 2.22. The summed E-state index contributed by atoms with van der Waals surface area (Å²) < 4.78 is 10.7. The molecule has 88 valence electrons. The molecule has 16 heavy (non-hydrogen) atoms. The third kappa shape index (κ3) is 1.64. The molecule has 1 aromatic heterocycles. The van der Waals surface area contributed by atoms with E-state index in [2.05, 4.69) is 10.1 Å². The minimum Gasteiger partial charge on any atom is -0.378 e. The Morgan fingerprint density at radius 3 is 2.88 bits per heavy atom. The lowest BCUT2D eigenvalue weighted by Gasteiger charge is -2.41. The topological polar surface area (TPSA) is 74.2 Å². The molecular formula is C11H17N3O2. The number of hydrogen-bond acceptors (Lipinski definition) is 5. The van der Waals surface area contributed by atoms with E-state index < -0.39 is 5.54 Å². The second kappa shape index (κ2) is 3.53. The molecule has 2 fully saturated rings. The summed E-state index contributed by atoms with van der Waals surface area (Å²) in [7, 11) is 0. The van der Waals surface area contributed by atoms with Gasteiger partial charge in [-0.3, -0.25) is 0 Å². The summed E-state index contributed by atoms with van der Waals surface area (Å²) in [5, 5.41) is 4.00. The molecule has 3 rings (SSSR count). The van der Waals surface area contributed by atoms with Crippen LogP contribution in [0.1, 0.15) is 50.2 Å². The highest BCUT2D eigenvalue weighted by Crippen LogP contribution is 2.42. The molecule has 1 aromatic rings. The lowest BCUT2D eigenvalue weighted by Crippen LogP contribution is -2.53. The first-order chi connectivity index (χ1) is 7.71. The second-order valence-electron chi connectivity index (χ2n) is 4.87. The SMILES string of the molecule is CCOC1CC(N)(c2noc(C3CC3)n2)C1. The summed E-state index contributed by atoms with van der Waals surface area (Å²) >= 11 is 0. The normalized spacial score (nSPS) is 33.8. The van der Waals surface area contributed by atoms with Gasteiger partial charge in [0.05, 0.1) is 11.6 Å². The monoisotopic (exact) mass is 223 g/mol. The first-order valence-electron chi connectivity index (χ1n) is 5.96. The third-order valence-electron chi connectivity index (χ3n) is 3.40. The van der Waals surface area contributed by atoms with Crippen molar-refractivity contribution in [2.24, 2.45) is 5.73 Å². The molecule has 2 saturated carbocycles. The summed E-state index contributed by atoms with van der Waals surface area (Å²) in [5.74, 6) is 1.91. The number of nitrogens with two attached hydrogens (primary N) is 1. The van der Waals surface area contributed by atoms with Crippen LogP contribution in [0, 0.1) is 0 Å². The molecule has 5 nitrogen and oxygen atoms in total. The van der Waals surface area contributed by atoms with E-state index in [0.29, 0.717) is 11.7 Å². The Kier molecular flexibility index (Phi) is 2.26. The average Bonchev–Trinajstić information content (AvgIpc) is 2.94. The number of ether oxygens (including phenoxy) is 1. The standard InChI is InChI=1S/C11H17N3O2/c1-2-15-8-5-11(12,6-8)10-13-9(16-14-10)7-3-4-7/h7-8H,2-6,12H2,1H3. The molecule has 0 bridgehead atoms. The van der Waals surface area contributed by atoms with Crippen molar-refractivity contribution in [1.29, 1.82) is 0 Å². The van der Waals surface area contributed by atoms with E-state index in [1.807, 2.05) is 6.92 Å². The molecule has 5 heteroatoms. The highest BCUT2D eigenvalue weighted by atomic mass is 16.5. The van der Waals surface area contributed by atoms with Gasteiger partial charge in [0.1, 0.15) is 0 Å². The minimum absolute atomic E-state index is 0.262. The van der Waals surface area contributed by atoms with Crippen molar-refractivity contribution in [3.63, 3.8) is 0 Å². The molecule has 0 amide bonds. The van der Waals surface area contributed by atoms with Gasteiger partial charge in [-0.15, -0.1) is 0 Å². The minimum atomic E-state index is -0.420. The molecule has 2 N–H and O–H groups in total. The van der Waals surface area contributed by atoms with Crippen molar-refractivity contribution in [1.82, 2.24) is 10.1 Å². The Labute approximate surface area is 94.3 Å². The van der Waals surface area contributed by atoms with E-state index in [1.165, 1.54) is 12.8 Å². The fraction of sp³-hybridized carbons (Fsp3) is 0.818. The number of hydrogen-bond donors (Lipinski definition) is 1. The van der Waals surface area contributed by atoms with E-state index in [1.54, 1.807) is 0 Å². The lowest BCUT2D eigenvalue weighted by molar-refractivity contribution is -0.0426. The van der Waals surface area contributed by atoms with E-state index in [4.69, 9.17) is 15.0 Å². The van der Waals surface area contributed by atoms with Crippen LogP contribution in [0.5, 0.6) is 0 Å². The molecule has 0 spiro atoms. The highest BCUT2D eigenvalue weighted by molar-refractivity contribution is 5.14. The maximum Gasteiger partial charge on any atom is 0.229 e. The number of aromatic nitrogens is 2. The molecule has 2 aliphatic carbocycles. The fourth-order valence-electron chi connectivity index (χ4n) is 2.22. The summed E-state index contributed by atoms with van der Waals surface area (Å²) in [6.07, 6.45) is 4.19. The molecule has 0 unspecified atom stereocenters. The van der Waals surface area contributed by atoms with Gasteiger partial charge in [-0.05, 0) is 32.6 Å². The second-order valence-corrected chi connectivity index (χ2v) is 4.87. The molecule has 2 aliphatic rings. The Balaban J connectivity index is 1.67. The quantitative estimate of drug-likeness (QED) is 0.832. The van der Waals surface area contributed by atoms with E-state index in [9.17, 15) is 0 Å². The molecule has 0 radical (unpaired) electrons. The van der Waals surface area contributed by atoms with Crippen LogP contribution in [0.4, 0.5) is 0 Å². The lowest BCUT2D eigenvalue weighted by atomic mass is 9.74. The van der Waals surface area contributed by atoms with Crippen LogP contribution in [-0.2, 0) is 10.3 Å². The van der Waals surface area contributed by atoms with E-state index in [0.717, 1.165) is 25.3 Å². The van der Waals surface area contributed by atoms with Crippen LogP contribution in [-0.4, -0.2) is 22.9 Å². The van der Waals surface area contributed by atoms with Crippen LogP contribution in [0.15, 0.2) is 4.52 Å². The summed E-state index contributed by atoms with van der Waals surface area (Å²) in [5.41, 5.74) is 5.79. The first-order valence-corrected chi connectivity index (χ1v) is 5.96. The Hall–Kier alpha value is -0.940. The van der Waals surface area contributed by atoms with Gasteiger partial charge in [-0.2, -0.15) is 4.98 Å². The predicted molar refractivity (Wildman–Crippen MR) is 56.8 cm³/mol.